The molecule has 1 aliphatic heterocycles. The Bertz CT molecular complexity index is 585. The first-order chi connectivity index (χ1) is 9.31. The summed E-state index contributed by atoms with van der Waals surface area (Å²) in [5.41, 5.74) is -0.907. The van der Waals surface area contributed by atoms with Crippen LogP contribution < -0.4 is 0 Å². The first-order valence-electron chi connectivity index (χ1n) is 5.65. The number of hydrogen-bond donors (Lipinski definition) is 1. The normalized spacial score (nSPS) is 15.1. The molecule has 0 atom stereocenters. The quantitative estimate of drug-likeness (QED) is 0.525. The molecule has 1 aromatic carbocycles. The number of carbonyl (C=O) groups excluding carboxylic acids is 1. The monoisotopic (exact) mass is 291 g/mol. The molecule has 8 heteroatoms. The van der Waals surface area contributed by atoms with Crippen LogP contribution in [-0.4, -0.2) is 35.0 Å². The van der Waals surface area contributed by atoms with Crippen molar-refractivity contribution in [3.63, 3.8) is 0 Å². The van der Waals surface area contributed by atoms with Gasteiger partial charge < -0.3 is 10.0 Å². The van der Waals surface area contributed by atoms with Gasteiger partial charge in [0.05, 0.1) is 12.0 Å². The summed E-state index contributed by atoms with van der Waals surface area (Å²) in [5, 5.41) is 8.53. The Hall–Kier alpha value is -2.12. The van der Waals surface area contributed by atoms with Crippen molar-refractivity contribution in [2.24, 2.45) is 5.92 Å². The number of carboxylic acids is 1. The maximum atomic E-state index is 13.4. The molecule has 0 radical (unpaired) electrons. The van der Waals surface area contributed by atoms with Gasteiger partial charge in [0, 0.05) is 19.0 Å². The van der Waals surface area contributed by atoms with E-state index in [4.69, 9.17) is 5.11 Å². The number of nitrogens with zero attached hydrogens (tertiary/aromatic N) is 1. The van der Waals surface area contributed by atoms with Crippen molar-refractivity contribution in [2.45, 2.75) is 6.42 Å². The summed E-state index contributed by atoms with van der Waals surface area (Å²) < 4.78 is 52.1. The Balaban J connectivity index is 2.14. The molecular weight excluding hydrogens is 282 g/mol. The number of rotatable bonds is 3. The van der Waals surface area contributed by atoms with Crippen molar-refractivity contribution in [3.05, 3.63) is 34.9 Å². The average Bonchev–Trinajstić information content (AvgIpc) is 2.34. The van der Waals surface area contributed by atoms with Gasteiger partial charge in [-0.1, -0.05) is 0 Å². The molecule has 0 spiro atoms. The molecule has 20 heavy (non-hydrogen) atoms. The van der Waals surface area contributed by atoms with Gasteiger partial charge in [0.1, 0.15) is 0 Å². The fourth-order valence-corrected chi connectivity index (χ4v) is 2.01. The largest absolute Gasteiger partial charge is 0.481 e. The first kappa shape index (κ1) is 14.3. The van der Waals surface area contributed by atoms with Crippen LogP contribution in [0.5, 0.6) is 0 Å². The summed E-state index contributed by atoms with van der Waals surface area (Å²) in [7, 11) is 0. The number of carbonyl (C=O) groups is 2. The second-order valence-electron chi connectivity index (χ2n) is 4.52. The summed E-state index contributed by atoms with van der Waals surface area (Å²) in [5.74, 6) is -9.75. The predicted octanol–water partition coefficient (Wildman–Crippen LogP) is 1.79. The lowest BCUT2D eigenvalue weighted by Gasteiger charge is -2.38. The van der Waals surface area contributed by atoms with Gasteiger partial charge in [-0.15, -0.1) is 0 Å². The van der Waals surface area contributed by atoms with E-state index in [1.807, 2.05) is 0 Å². The van der Waals surface area contributed by atoms with E-state index in [2.05, 4.69) is 0 Å². The van der Waals surface area contributed by atoms with Gasteiger partial charge in [0.15, 0.2) is 23.3 Å². The summed E-state index contributed by atoms with van der Waals surface area (Å²) in [6.45, 7) is 0.0936. The Labute approximate surface area is 110 Å². The van der Waals surface area contributed by atoms with E-state index in [-0.39, 0.29) is 25.4 Å². The van der Waals surface area contributed by atoms with Crippen molar-refractivity contribution in [2.75, 3.05) is 13.1 Å². The Kier molecular flexibility index (Phi) is 3.65. The lowest BCUT2D eigenvalue weighted by molar-refractivity contribution is -0.139. The SMILES string of the molecule is O=C(O)CC1CN(C(=O)c2cc(F)c(F)c(F)c2F)C1. The number of benzene rings is 1. The van der Waals surface area contributed by atoms with E-state index in [0.29, 0.717) is 6.07 Å². The van der Waals surface area contributed by atoms with Gasteiger partial charge in [0.25, 0.3) is 5.91 Å². The minimum atomic E-state index is -2.05. The van der Waals surface area contributed by atoms with Crippen molar-refractivity contribution in [1.29, 1.82) is 0 Å². The molecule has 2 rings (SSSR count). The molecule has 1 aliphatic rings. The van der Waals surface area contributed by atoms with Gasteiger partial charge >= 0.3 is 5.97 Å². The van der Waals surface area contributed by atoms with E-state index in [9.17, 15) is 27.2 Å². The molecule has 0 unspecified atom stereocenters. The van der Waals surface area contributed by atoms with E-state index in [0.717, 1.165) is 4.90 Å². The first-order valence-corrected chi connectivity index (χ1v) is 5.65. The highest BCUT2D eigenvalue weighted by Gasteiger charge is 2.35. The smallest absolute Gasteiger partial charge is 0.303 e. The molecule has 1 aromatic rings. The van der Waals surface area contributed by atoms with Crippen LogP contribution >= 0.6 is 0 Å². The van der Waals surface area contributed by atoms with Crippen LogP contribution in [0.4, 0.5) is 17.6 Å². The molecule has 0 bridgehead atoms. The molecule has 0 saturated carbocycles. The standard InChI is InChI=1S/C12H9F4NO3/c13-7-2-6(9(14)11(16)10(7)15)12(20)17-3-5(4-17)1-8(18)19/h2,5H,1,3-4H2,(H,18,19). The van der Waals surface area contributed by atoms with E-state index in [1.165, 1.54) is 0 Å². The van der Waals surface area contributed by atoms with Crippen LogP contribution in [0.1, 0.15) is 16.8 Å². The molecule has 1 N–H and O–H groups in total. The molecule has 0 aromatic heterocycles. The number of carboxylic acid groups (broad SMARTS) is 1. The van der Waals surface area contributed by atoms with E-state index < -0.39 is 40.7 Å². The molecule has 0 aliphatic carbocycles. The fraction of sp³-hybridized carbons (Fsp3) is 0.333. The maximum absolute atomic E-state index is 13.4. The molecule has 108 valence electrons. The number of aliphatic carboxylic acids is 1. The van der Waals surface area contributed by atoms with Crippen LogP contribution in [0.3, 0.4) is 0 Å². The number of hydrogen-bond acceptors (Lipinski definition) is 2. The minimum absolute atomic E-state index is 0.0468. The van der Waals surface area contributed by atoms with Gasteiger partial charge in [0.2, 0.25) is 0 Å². The van der Waals surface area contributed by atoms with Gasteiger partial charge in [-0.3, -0.25) is 9.59 Å². The van der Waals surface area contributed by atoms with Crippen LogP contribution in [0.15, 0.2) is 6.07 Å². The van der Waals surface area contributed by atoms with Gasteiger partial charge in [-0.25, -0.2) is 17.6 Å². The Morgan fingerprint density at radius 2 is 1.75 bits per heavy atom. The highest BCUT2D eigenvalue weighted by molar-refractivity contribution is 5.95. The van der Waals surface area contributed by atoms with Crippen molar-refractivity contribution >= 4 is 11.9 Å². The van der Waals surface area contributed by atoms with E-state index >= 15 is 0 Å². The predicted molar refractivity (Wildman–Crippen MR) is 57.9 cm³/mol. The van der Waals surface area contributed by atoms with Crippen molar-refractivity contribution < 1.29 is 32.3 Å². The second-order valence-corrected chi connectivity index (χ2v) is 4.52. The third-order valence-electron chi connectivity index (χ3n) is 3.04. The van der Waals surface area contributed by atoms with E-state index in [1.54, 1.807) is 0 Å². The Morgan fingerprint density at radius 1 is 1.15 bits per heavy atom. The summed E-state index contributed by atoms with van der Waals surface area (Å²) >= 11 is 0. The zero-order chi connectivity index (χ0) is 15.0. The lowest BCUT2D eigenvalue weighted by atomic mass is 9.95. The highest BCUT2D eigenvalue weighted by atomic mass is 19.2. The third kappa shape index (κ3) is 2.45. The molecule has 1 heterocycles. The molecule has 1 saturated heterocycles. The van der Waals surface area contributed by atoms with Crippen LogP contribution in [0.2, 0.25) is 0 Å². The molecular formula is C12H9F4NO3. The summed E-state index contributed by atoms with van der Waals surface area (Å²) in [6, 6.07) is 0.292. The Morgan fingerprint density at radius 3 is 2.30 bits per heavy atom. The number of likely N-dealkylation sites (tertiary alicyclic amines) is 1. The lowest BCUT2D eigenvalue weighted by Crippen LogP contribution is -2.50. The number of amides is 1. The van der Waals surface area contributed by atoms with Gasteiger partial charge in [-0.2, -0.15) is 0 Å². The van der Waals surface area contributed by atoms with Crippen LogP contribution in [0.25, 0.3) is 0 Å². The number of halogens is 4. The zero-order valence-corrected chi connectivity index (χ0v) is 10.00. The molecule has 1 amide bonds. The van der Waals surface area contributed by atoms with Crippen molar-refractivity contribution in [3.8, 4) is 0 Å². The highest BCUT2D eigenvalue weighted by Crippen LogP contribution is 2.25. The zero-order valence-electron chi connectivity index (χ0n) is 10.00. The topological polar surface area (TPSA) is 57.6 Å². The second kappa shape index (κ2) is 5.10. The third-order valence-corrected chi connectivity index (χ3v) is 3.04. The maximum Gasteiger partial charge on any atom is 0.303 e. The fourth-order valence-electron chi connectivity index (χ4n) is 2.01. The van der Waals surface area contributed by atoms with Crippen molar-refractivity contribution in [1.82, 2.24) is 4.90 Å². The molecule has 4 nitrogen and oxygen atoms in total. The average molecular weight is 291 g/mol. The van der Waals surface area contributed by atoms with Crippen LogP contribution in [-0.2, 0) is 4.79 Å². The van der Waals surface area contributed by atoms with Crippen LogP contribution in [0, 0.1) is 29.2 Å². The van der Waals surface area contributed by atoms with Gasteiger partial charge in [-0.05, 0) is 6.07 Å². The minimum Gasteiger partial charge on any atom is -0.481 e. The summed E-state index contributed by atoms with van der Waals surface area (Å²) in [4.78, 5) is 23.2. The summed E-state index contributed by atoms with van der Waals surface area (Å²) in [6.07, 6.45) is -0.154. The molecule has 1 fully saturated rings.